The van der Waals surface area contributed by atoms with E-state index in [1.807, 2.05) is 6.92 Å². The molecule has 3 heteroatoms. The topological polar surface area (TPSA) is 30.5 Å². The summed E-state index contributed by atoms with van der Waals surface area (Å²) in [6, 6.07) is 0.577. The Kier molecular flexibility index (Phi) is 10.9. The Morgan fingerprint density at radius 3 is 2.29 bits per heavy atom. The Labute approximate surface area is 88.2 Å². The Morgan fingerprint density at radius 2 is 1.64 bits per heavy atom. The molecule has 0 heterocycles. The van der Waals surface area contributed by atoms with Crippen molar-refractivity contribution in [3.63, 3.8) is 0 Å². The van der Waals surface area contributed by atoms with Crippen molar-refractivity contribution in [2.45, 2.75) is 39.7 Å². The fraction of sp³-hybridized carbons (Fsp3) is 1.00. The highest BCUT2D eigenvalue weighted by molar-refractivity contribution is 4.51. The minimum Gasteiger partial charge on any atom is -0.382 e. The first-order valence-electron chi connectivity index (χ1n) is 5.66. The average Bonchev–Trinajstić information content (AvgIpc) is 2.15. The van der Waals surface area contributed by atoms with Crippen molar-refractivity contribution in [3.05, 3.63) is 0 Å². The molecule has 0 saturated heterocycles. The van der Waals surface area contributed by atoms with E-state index in [-0.39, 0.29) is 0 Å². The molecule has 0 rings (SSSR count). The highest BCUT2D eigenvalue weighted by Crippen LogP contribution is 1.87. The fourth-order valence-electron chi connectivity index (χ4n) is 1.07. The van der Waals surface area contributed by atoms with Crippen LogP contribution in [-0.2, 0) is 9.47 Å². The van der Waals surface area contributed by atoms with E-state index in [0.29, 0.717) is 6.04 Å². The van der Waals surface area contributed by atoms with Gasteiger partial charge in [-0.1, -0.05) is 13.8 Å². The molecule has 0 bridgehead atoms. The van der Waals surface area contributed by atoms with Gasteiger partial charge in [0.2, 0.25) is 0 Å². The first-order valence-corrected chi connectivity index (χ1v) is 5.66. The zero-order chi connectivity index (χ0) is 10.6. The predicted octanol–water partition coefficient (Wildman–Crippen LogP) is 1.82. The van der Waals surface area contributed by atoms with Gasteiger partial charge in [-0.05, 0) is 26.3 Å². The number of hydrogen-bond donors (Lipinski definition) is 1. The quantitative estimate of drug-likeness (QED) is 0.549. The first-order chi connectivity index (χ1) is 6.77. The maximum Gasteiger partial charge on any atom is 0.0487 e. The molecule has 0 spiro atoms. The zero-order valence-electron chi connectivity index (χ0n) is 9.84. The molecule has 0 atom stereocenters. The molecule has 0 unspecified atom stereocenters. The van der Waals surface area contributed by atoms with Crippen LogP contribution in [0.5, 0.6) is 0 Å². The maximum absolute atomic E-state index is 5.44. The summed E-state index contributed by atoms with van der Waals surface area (Å²) in [6.07, 6.45) is 2.10. The SMILES string of the molecule is CCOCCCOCCCNC(C)C. The lowest BCUT2D eigenvalue weighted by molar-refractivity contribution is 0.0867. The molecular weight excluding hydrogens is 178 g/mol. The normalized spacial score (nSPS) is 11.1. The minimum atomic E-state index is 0.577. The third-order valence-electron chi connectivity index (χ3n) is 1.80. The summed E-state index contributed by atoms with van der Waals surface area (Å²) in [5.41, 5.74) is 0. The van der Waals surface area contributed by atoms with Gasteiger partial charge in [0.1, 0.15) is 0 Å². The lowest BCUT2D eigenvalue weighted by Gasteiger charge is -2.08. The summed E-state index contributed by atoms with van der Waals surface area (Å²) in [4.78, 5) is 0. The lowest BCUT2D eigenvalue weighted by atomic mass is 10.3. The third-order valence-corrected chi connectivity index (χ3v) is 1.80. The van der Waals surface area contributed by atoms with Gasteiger partial charge in [-0.2, -0.15) is 0 Å². The van der Waals surface area contributed by atoms with Crippen LogP contribution in [0.1, 0.15) is 33.6 Å². The van der Waals surface area contributed by atoms with Gasteiger partial charge in [0.05, 0.1) is 0 Å². The van der Waals surface area contributed by atoms with Crippen LogP contribution < -0.4 is 5.32 Å². The van der Waals surface area contributed by atoms with Crippen molar-refractivity contribution < 1.29 is 9.47 Å². The van der Waals surface area contributed by atoms with E-state index in [1.54, 1.807) is 0 Å². The second kappa shape index (κ2) is 11.0. The summed E-state index contributed by atoms with van der Waals surface area (Å²) in [6.45, 7) is 10.7. The third kappa shape index (κ3) is 11.9. The van der Waals surface area contributed by atoms with E-state index < -0.39 is 0 Å². The van der Waals surface area contributed by atoms with Gasteiger partial charge in [-0.3, -0.25) is 0 Å². The van der Waals surface area contributed by atoms with Gasteiger partial charge in [-0.25, -0.2) is 0 Å². The van der Waals surface area contributed by atoms with Gasteiger partial charge in [0, 0.05) is 32.5 Å². The number of rotatable bonds is 10. The van der Waals surface area contributed by atoms with Crippen LogP contribution >= 0.6 is 0 Å². The maximum atomic E-state index is 5.44. The summed E-state index contributed by atoms with van der Waals surface area (Å²) >= 11 is 0. The molecule has 0 aromatic rings. The summed E-state index contributed by atoms with van der Waals surface area (Å²) < 4.78 is 10.6. The predicted molar refractivity (Wildman–Crippen MR) is 59.7 cm³/mol. The summed E-state index contributed by atoms with van der Waals surface area (Å²) in [5.74, 6) is 0. The molecule has 0 saturated carbocycles. The zero-order valence-corrected chi connectivity index (χ0v) is 9.84. The lowest BCUT2D eigenvalue weighted by Crippen LogP contribution is -2.24. The van der Waals surface area contributed by atoms with Crippen LogP contribution in [0.15, 0.2) is 0 Å². The van der Waals surface area contributed by atoms with Crippen molar-refractivity contribution in [1.29, 1.82) is 0 Å². The molecule has 0 radical (unpaired) electrons. The Balaban J connectivity index is 2.85. The van der Waals surface area contributed by atoms with E-state index in [4.69, 9.17) is 9.47 Å². The smallest absolute Gasteiger partial charge is 0.0487 e. The molecule has 0 aromatic heterocycles. The molecule has 3 nitrogen and oxygen atoms in total. The van der Waals surface area contributed by atoms with Gasteiger partial charge < -0.3 is 14.8 Å². The van der Waals surface area contributed by atoms with Crippen LogP contribution in [0.25, 0.3) is 0 Å². The van der Waals surface area contributed by atoms with Crippen molar-refractivity contribution in [2.75, 3.05) is 33.0 Å². The van der Waals surface area contributed by atoms with E-state index in [2.05, 4.69) is 19.2 Å². The largest absolute Gasteiger partial charge is 0.382 e. The van der Waals surface area contributed by atoms with Crippen LogP contribution in [0.2, 0.25) is 0 Å². The summed E-state index contributed by atoms with van der Waals surface area (Å²) in [5, 5.41) is 3.35. The van der Waals surface area contributed by atoms with Crippen molar-refractivity contribution in [3.8, 4) is 0 Å². The minimum absolute atomic E-state index is 0.577. The van der Waals surface area contributed by atoms with E-state index in [9.17, 15) is 0 Å². The molecule has 1 N–H and O–H groups in total. The molecule has 0 aromatic carbocycles. The molecule has 0 fully saturated rings. The Bertz CT molecular complexity index is 107. The average molecular weight is 203 g/mol. The molecule has 0 aliphatic carbocycles. The molecule has 14 heavy (non-hydrogen) atoms. The highest BCUT2D eigenvalue weighted by atomic mass is 16.5. The van der Waals surface area contributed by atoms with Crippen LogP contribution in [-0.4, -0.2) is 39.0 Å². The number of hydrogen-bond acceptors (Lipinski definition) is 3. The van der Waals surface area contributed by atoms with Crippen LogP contribution in [0.3, 0.4) is 0 Å². The Morgan fingerprint density at radius 1 is 1.00 bits per heavy atom. The second-order valence-corrected chi connectivity index (χ2v) is 3.63. The number of nitrogens with one attached hydrogen (secondary N) is 1. The first kappa shape index (κ1) is 13.9. The van der Waals surface area contributed by atoms with E-state index in [1.165, 1.54) is 0 Å². The number of ether oxygens (including phenoxy) is 2. The highest BCUT2D eigenvalue weighted by Gasteiger charge is 1.92. The second-order valence-electron chi connectivity index (χ2n) is 3.63. The standard InChI is InChI=1S/C11H25NO2/c1-4-13-9-6-10-14-8-5-7-12-11(2)3/h11-12H,4-10H2,1-3H3. The Hall–Kier alpha value is -0.120. The van der Waals surface area contributed by atoms with Gasteiger partial charge >= 0.3 is 0 Å². The molecule has 0 aliphatic heterocycles. The molecular formula is C11H25NO2. The van der Waals surface area contributed by atoms with Crippen molar-refractivity contribution in [2.24, 2.45) is 0 Å². The molecule has 0 amide bonds. The van der Waals surface area contributed by atoms with Gasteiger partial charge in [-0.15, -0.1) is 0 Å². The van der Waals surface area contributed by atoms with Gasteiger partial charge in [0.15, 0.2) is 0 Å². The fourth-order valence-corrected chi connectivity index (χ4v) is 1.07. The monoisotopic (exact) mass is 203 g/mol. The van der Waals surface area contributed by atoms with E-state index >= 15 is 0 Å². The van der Waals surface area contributed by atoms with Crippen molar-refractivity contribution >= 4 is 0 Å². The van der Waals surface area contributed by atoms with E-state index in [0.717, 1.165) is 45.8 Å². The molecule has 86 valence electrons. The molecule has 0 aliphatic rings. The summed E-state index contributed by atoms with van der Waals surface area (Å²) in [7, 11) is 0. The van der Waals surface area contributed by atoms with Gasteiger partial charge in [0.25, 0.3) is 0 Å². The van der Waals surface area contributed by atoms with Crippen LogP contribution in [0.4, 0.5) is 0 Å². The van der Waals surface area contributed by atoms with Crippen molar-refractivity contribution in [1.82, 2.24) is 5.32 Å². The van der Waals surface area contributed by atoms with Crippen LogP contribution in [0, 0.1) is 0 Å².